The molecule has 0 aliphatic heterocycles. The summed E-state index contributed by atoms with van der Waals surface area (Å²) in [6.45, 7) is 1.78. The predicted molar refractivity (Wildman–Crippen MR) is 46.2 cm³/mol. The Balaban J connectivity index is 3.95. The molecule has 0 rings (SSSR count). The molecule has 4 nitrogen and oxygen atoms in total. The molecule has 0 fully saturated rings. The minimum Gasteiger partial charge on any atom is -0.481 e. The van der Waals surface area contributed by atoms with Crippen LogP contribution in [0.4, 0.5) is 0 Å². The maximum Gasteiger partial charge on any atom is 0.320 e. The maximum atomic E-state index is 10.9. The van der Waals surface area contributed by atoms with Crippen LogP contribution in [0.15, 0.2) is 0 Å². The molecule has 0 aromatic carbocycles. The van der Waals surface area contributed by atoms with Gasteiger partial charge < -0.3 is 9.84 Å². The number of carbonyl (C=O) groups excluding carboxylic acids is 1. The molecule has 0 spiro atoms. The van der Waals surface area contributed by atoms with Gasteiger partial charge in [-0.2, -0.15) is 12.6 Å². The molecule has 0 saturated heterocycles. The molecule has 0 heterocycles. The lowest BCUT2D eigenvalue weighted by Crippen LogP contribution is -2.25. The van der Waals surface area contributed by atoms with E-state index in [2.05, 4.69) is 17.4 Å². The van der Waals surface area contributed by atoms with Crippen LogP contribution in [0.2, 0.25) is 0 Å². The highest BCUT2D eigenvalue weighted by molar-refractivity contribution is 7.80. The Hall–Kier alpha value is -0.710. The van der Waals surface area contributed by atoms with Gasteiger partial charge in [0.15, 0.2) is 5.92 Å². The van der Waals surface area contributed by atoms with Crippen molar-refractivity contribution in [3.8, 4) is 0 Å². The lowest BCUT2D eigenvalue weighted by Gasteiger charge is -2.08. The van der Waals surface area contributed by atoms with E-state index in [1.165, 1.54) is 0 Å². The van der Waals surface area contributed by atoms with Gasteiger partial charge in [0.05, 0.1) is 0 Å². The summed E-state index contributed by atoms with van der Waals surface area (Å²) in [5.41, 5.74) is 0. The first-order valence-corrected chi connectivity index (χ1v) is 4.27. The number of aliphatic carboxylic acids is 1. The number of ether oxygens (including phenoxy) is 1. The molecule has 1 atom stereocenters. The summed E-state index contributed by atoms with van der Waals surface area (Å²) in [4.78, 5) is 21.4. The van der Waals surface area contributed by atoms with Crippen LogP contribution in [0, 0.1) is 5.92 Å². The van der Waals surface area contributed by atoms with E-state index in [1.807, 2.05) is 0 Å². The van der Waals surface area contributed by atoms with Gasteiger partial charge in [-0.15, -0.1) is 0 Å². The number of thiol groups is 1. The van der Waals surface area contributed by atoms with Crippen LogP contribution in [0.1, 0.15) is 13.3 Å². The van der Waals surface area contributed by atoms with Gasteiger partial charge >= 0.3 is 11.9 Å². The van der Waals surface area contributed by atoms with E-state index < -0.39 is 17.9 Å². The number of carbonyl (C=O) groups is 2. The van der Waals surface area contributed by atoms with Gasteiger partial charge in [0.2, 0.25) is 0 Å². The van der Waals surface area contributed by atoms with Gasteiger partial charge in [-0.1, -0.05) is 6.92 Å². The number of carboxylic acid groups (broad SMARTS) is 1. The lowest BCUT2D eigenvalue weighted by molar-refractivity contribution is -0.158. The summed E-state index contributed by atoms with van der Waals surface area (Å²) < 4.78 is 4.61. The number of hydrogen-bond donors (Lipinski definition) is 2. The van der Waals surface area contributed by atoms with E-state index in [-0.39, 0.29) is 13.0 Å². The largest absolute Gasteiger partial charge is 0.481 e. The summed E-state index contributed by atoms with van der Waals surface area (Å²) in [7, 11) is 0. The standard InChI is InChI=1S/C7H12O4S/c1-2-5(6(8)9)7(10)11-3-4-12/h5,12H,2-4H2,1H3,(H,8,9). The maximum absolute atomic E-state index is 10.9. The van der Waals surface area contributed by atoms with E-state index >= 15 is 0 Å². The Kier molecular flexibility index (Phi) is 5.53. The minimum absolute atomic E-state index is 0.158. The first kappa shape index (κ1) is 11.3. The van der Waals surface area contributed by atoms with Crippen molar-refractivity contribution in [3.63, 3.8) is 0 Å². The first-order chi connectivity index (χ1) is 5.63. The van der Waals surface area contributed by atoms with Crippen LogP contribution >= 0.6 is 12.6 Å². The molecule has 1 N–H and O–H groups in total. The summed E-state index contributed by atoms with van der Waals surface area (Å²) >= 11 is 3.82. The second kappa shape index (κ2) is 5.88. The normalized spacial score (nSPS) is 12.2. The van der Waals surface area contributed by atoms with E-state index in [4.69, 9.17) is 5.11 Å². The van der Waals surface area contributed by atoms with Crippen molar-refractivity contribution in [2.24, 2.45) is 5.92 Å². The van der Waals surface area contributed by atoms with Crippen molar-refractivity contribution in [2.45, 2.75) is 13.3 Å². The molecular formula is C7H12O4S. The fraction of sp³-hybridized carbons (Fsp3) is 0.714. The SMILES string of the molecule is CCC(C(=O)O)C(=O)OCCS. The quantitative estimate of drug-likeness (QED) is 0.380. The fourth-order valence-electron chi connectivity index (χ4n) is 0.689. The summed E-state index contributed by atoms with van der Waals surface area (Å²) in [5.74, 6) is -2.45. The number of rotatable bonds is 5. The molecule has 0 aromatic rings. The van der Waals surface area contributed by atoms with Crippen molar-refractivity contribution >= 4 is 24.6 Å². The van der Waals surface area contributed by atoms with Gasteiger partial charge in [-0.3, -0.25) is 9.59 Å². The molecule has 5 heteroatoms. The first-order valence-electron chi connectivity index (χ1n) is 3.63. The van der Waals surface area contributed by atoms with Gasteiger partial charge in [0.25, 0.3) is 0 Å². The van der Waals surface area contributed by atoms with Crippen LogP contribution in [0.5, 0.6) is 0 Å². The average molecular weight is 192 g/mol. The fourth-order valence-corrected chi connectivity index (χ4v) is 0.780. The average Bonchev–Trinajstić information content (AvgIpc) is 2.01. The van der Waals surface area contributed by atoms with Crippen molar-refractivity contribution in [2.75, 3.05) is 12.4 Å². The molecule has 0 bridgehead atoms. The Bertz CT molecular complexity index is 169. The Morgan fingerprint density at radius 2 is 2.17 bits per heavy atom. The third-order valence-electron chi connectivity index (χ3n) is 1.33. The van der Waals surface area contributed by atoms with Gasteiger partial charge in [0, 0.05) is 5.75 Å². The molecule has 0 saturated carbocycles. The van der Waals surface area contributed by atoms with Crippen LogP contribution in [0.25, 0.3) is 0 Å². The molecule has 0 aromatic heterocycles. The van der Waals surface area contributed by atoms with E-state index in [0.717, 1.165) is 0 Å². The van der Waals surface area contributed by atoms with Crippen molar-refractivity contribution < 1.29 is 19.4 Å². The molecule has 0 radical (unpaired) electrons. The summed E-state index contributed by atoms with van der Waals surface area (Å²) in [5, 5.41) is 8.52. The predicted octanol–water partition coefficient (Wildman–Crippen LogP) is 0.570. The molecule has 0 aliphatic rings. The lowest BCUT2D eigenvalue weighted by atomic mass is 10.1. The minimum atomic E-state index is -1.14. The van der Waals surface area contributed by atoms with Gasteiger partial charge in [0.1, 0.15) is 6.61 Å². The monoisotopic (exact) mass is 192 g/mol. The summed E-state index contributed by atoms with van der Waals surface area (Å²) in [6, 6.07) is 0. The van der Waals surface area contributed by atoms with Crippen LogP contribution in [-0.2, 0) is 14.3 Å². The molecular weight excluding hydrogens is 180 g/mol. The topological polar surface area (TPSA) is 63.6 Å². The number of carboxylic acids is 1. The van der Waals surface area contributed by atoms with Gasteiger partial charge in [-0.05, 0) is 6.42 Å². The zero-order chi connectivity index (χ0) is 9.56. The zero-order valence-electron chi connectivity index (χ0n) is 6.82. The number of esters is 1. The Morgan fingerprint density at radius 1 is 1.58 bits per heavy atom. The second-order valence-electron chi connectivity index (χ2n) is 2.19. The van der Waals surface area contributed by atoms with Crippen LogP contribution in [-0.4, -0.2) is 29.4 Å². The van der Waals surface area contributed by atoms with Crippen molar-refractivity contribution in [3.05, 3.63) is 0 Å². The van der Waals surface area contributed by atoms with Gasteiger partial charge in [-0.25, -0.2) is 0 Å². The molecule has 12 heavy (non-hydrogen) atoms. The van der Waals surface area contributed by atoms with E-state index in [1.54, 1.807) is 6.92 Å². The smallest absolute Gasteiger partial charge is 0.320 e. The molecule has 70 valence electrons. The Morgan fingerprint density at radius 3 is 2.50 bits per heavy atom. The highest BCUT2D eigenvalue weighted by Gasteiger charge is 2.25. The highest BCUT2D eigenvalue weighted by Crippen LogP contribution is 2.05. The zero-order valence-corrected chi connectivity index (χ0v) is 7.71. The molecule has 1 unspecified atom stereocenters. The summed E-state index contributed by atoms with van der Waals surface area (Å²) in [6.07, 6.45) is 0.251. The Labute approximate surface area is 76.3 Å². The highest BCUT2D eigenvalue weighted by atomic mass is 32.1. The van der Waals surface area contributed by atoms with Crippen LogP contribution < -0.4 is 0 Å². The molecule has 0 aliphatic carbocycles. The van der Waals surface area contributed by atoms with Crippen LogP contribution in [0.3, 0.4) is 0 Å². The second-order valence-corrected chi connectivity index (χ2v) is 2.64. The third-order valence-corrected chi connectivity index (χ3v) is 1.51. The van der Waals surface area contributed by atoms with E-state index in [0.29, 0.717) is 5.75 Å². The van der Waals surface area contributed by atoms with E-state index in [9.17, 15) is 9.59 Å². The van der Waals surface area contributed by atoms with Crippen molar-refractivity contribution in [1.29, 1.82) is 0 Å². The third kappa shape index (κ3) is 3.61. The molecule has 0 amide bonds. The number of hydrogen-bond acceptors (Lipinski definition) is 4. The van der Waals surface area contributed by atoms with Crippen molar-refractivity contribution in [1.82, 2.24) is 0 Å².